The van der Waals surface area contributed by atoms with Gasteiger partial charge in [0.15, 0.2) is 0 Å². The summed E-state index contributed by atoms with van der Waals surface area (Å²) >= 11 is 0. The van der Waals surface area contributed by atoms with Crippen molar-refractivity contribution in [2.75, 3.05) is 0 Å². The second-order valence-corrected chi connectivity index (χ2v) is 3.84. The molecule has 0 bridgehead atoms. The van der Waals surface area contributed by atoms with Crippen LogP contribution in [0.5, 0.6) is 0 Å². The number of furan rings is 1. The zero-order valence-corrected chi connectivity index (χ0v) is 9.20. The van der Waals surface area contributed by atoms with Crippen LogP contribution in [0.4, 0.5) is 4.39 Å². The summed E-state index contributed by atoms with van der Waals surface area (Å²) in [5.41, 5.74) is 1.91. The fourth-order valence-electron chi connectivity index (χ4n) is 1.70. The smallest absolute Gasteiger partial charge is 0.126 e. The minimum absolute atomic E-state index is 0.264. The highest BCUT2D eigenvalue weighted by Gasteiger charge is 2.15. The van der Waals surface area contributed by atoms with E-state index in [-0.39, 0.29) is 5.82 Å². The summed E-state index contributed by atoms with van der Waals surface area (Å²) in [5, 5.41) is 10.1. The van der Waals surface area contributed by atoms with Crippen LogP contribution in [0.2, 0.25) is 0 Å². The maximum atomic E-state index is 13.1. The molecule has 1 N–H and O–H groups in total. The van der Waals surface area contributed by atoms with E-state index in [9.17, 15) is 9.50 Å². The molecule has 1 aromatic carbocycles. The molecule has 2 nitrogen and oxygen atoms in total. The lowest BCUT2D eigenvalue weighted by Crippen LogP contribution is -2.00. The van der Waals surface area contributed by atoms with Crippen LogP contribution in [0.15, 0.2) is 34.9 Å². The number of hydrogen-bond donors (Lipinski definition) is 1. The van der Waals surface area contributed by atoms with Gasteiger partial charge >= 0.3 is 0 Å². The van der Waals surface area contributed by atoms with E-state index in [1.54, 1.807) is 32.0 Å². The van der Waals surface area contributed by atoms with E-state index < -0.39 is 6.10 Å². The van der Waals surface area contributed by atoms with Crippen molar-refractivity contribution in [1.29, 1.82) is 0 Å². The van der Waals surface area contributed by atoms with E-state index in [4.69, 9.17) is 4.42 Å². The minimum atomic E-state index is -0.766. The Morgan fingerprint density at radius 1 is 1.25 bits per heavy atom. The lowest BCUT2D eigenvalue weighted by molar-refractivity contribution is 0.218. The van der Waals surface area contributed by atoms with Gasteiger partial charge in [0.25, 0.3) is 0 Å². The molecule has 0 spiro atoms. The largest absolute Gasteiger partial charge is 0.469 e. The van der Waals surface area contributed by atoms with Gasteiger partial charge in [-0.3, -0.25) is 0 Å². The molecule has 0 aliphatic rings. The number of aliphatic hydroxyl groups is 1. The molecule has 0 aliphatic carbocycles. The Balaban J connectivity index is 2.38. The highest BCUT2D eigenvalue weighted by molar-refractivity contribution is 5.33. The predicted molar refractivity (Wildman–Crippen MR) is 58.6 cm³/mol. The normalized spacial score (nSPS) is 12.8. The van der Waals surface area contributed by atoms with E-state index in [0.29, 0.717) is 22.5 Å². The molecule has 2 rings (SSSR count). The average molecular weight is 220 g/mol. The molecule has 84 valence electrons. The molecular formula is C13H13FO2. The third-order valence-corrected chi connectivity index (χ3v) is 2.69. The first kappa shape index (κ1) is 10.9. The van der Waals surface area contributed by atoms with Gasteiger partial charge < -0.3 is 9.52 Å². The summed E-state index contributed by atoms with van der Waals surface area (Å²) in [6.07, 6.45) is 0.766. The van der Waals surface area contributed by atoms with Gasteiger partial charge in [-0.1, -0.05) is 12.1 Å². The molecule has 0 amide bonds. The lowest BCUT2D eigenvalue weighted by atomic mass is 10.0. The highest BCUT2D eigenvalue weighted by atomic mass is 19.1. The lowest BCUT2D eigenvalue weighted by Gasteiger charge is -2.11. The standard InChI is InChI=1S/C13H13FO2/c1-8-7-10(3-4-12(8)14)13(15)11-5-6-16-9(11)2/h3-7,13,15H,1-2H3. The van der Waals surface area contributed by atoms with Crippen molar-refractivity contribution in [3.63, 3.8) is 0 Å². The number of aryl methyl sites for hydroxylation is 2. The molecule has 1 atom stereocenters. The van der Waals surface area contributed by atoms with Crippen LogP contribution in [0.1, 0.15) is 28.6 Å². The van der Waals surface area contributed by atoms with Crippen LogP contribution in [0, 0.1) is 19.7 Å². The van der Waals surface area contributed by atoms with E-state index >= 15 is 0 Å². The van der Waals surface area contributed by atoms with Crippen LogP contribution >= 0.6 is 0 Å². The van der Waals surface area contributed by atoms with Crippen molar-refractivity contribution in [2.24, 2.45) is 0 Å². The summed E-state index contributed by atoms with van der Waals surface area (Å²) in [6, 6.07) is 6.31. The van der Waals surface area contributed by atoms with Crippen molar-refractivity contribution in [1.82, 2.24) is 0 Å². The summed E-state index contributed by atoms with van der Waals surface area (Å²) in [7, 11) is 0. The van der Waals surface area contributed by atoms with E-state index in [2.05, 4.69) is 0 Å². The molecule has 3 heteroatoms. The Kier molecular flexibility index (Phi) is 2.79. The Labute approximate surface area is 93.3 Å². The quantitative estimate of drug-likeness (QED) is 0.843. The maximum absolute atomic E-state index is 13.1. The Morgan fingerprint density at radius 3 is 2.56 bits per heavy atom. The minimum Gasteiger partial charge on any atom is -0.469 e. The number of aliphatic hydroxyl groups excluding tert-OH is 1. The first-order valence-corrected chi connectivity index (χ1v) is 5.07. The molecule has 1 heterocycles. The molecule has 1 unspecified atom stereocenters. The van der Waals surface area contributed by atoms with Gasteiger partial charge in [0.2, 0.25) is 0 Å². The van der Waals surface area contributed by atoms with Gasteiger partial charge in [-0.15, -0.1) is 0 Å². The summed E-state index contributed by atoms with van der Waals surface area (Å²) < 4.78 is 18.2. The maximum Gasteiger partial charge on any atom is 0.126 e. The molecule has 0 aliphatic heterocycles. The molecule has 0 fully saturated rings. The average Bonchev–Trinajstić information content (AvgIpc) is 2.67. The summed E-state index contributed by atoms with van der Waals surface area (Å²) in [5.74, 6) is 0.411. The molecular weight excluding hydrogens is 207 g/mol. The van der Waals surface area contributed by atoms with Gasteiger partial charge in [0.1, 0.15) is 17.7 Å². The molecule has 2 aromatic rings. The van der Waals surface area contributed by atoms with E-state index in [0.717, 1.165) is 0 Å². The molecule has 0 saturated heterocycles. The molecule has 1 aromatic heterocycles. The van der Waals surface area contributed by atoms with Gasteiger partial charge in [0, 0.05) is 5.56 Å². The first-order valence-electron chi connectivity index (χ1n) is 5.07. The van der Waals surface area contributed by atoms with Gasteiger partial charge in [-0.25, -0.2) is 4.39 Å². The summed E-state index contributed by atoms with van der Waals surface area (Å²) in [4.78, 5) is 0. The molecule has 16 heavy (non-hydrogen) atoms. The first-order chi connectivity index (χ1) is 7.59. The highest BCUT2D eigenvalue weighted by Crippen LogP contribution is 2.26. The predicted octanol–water partition coefficient (Wildman–Crippen LogP) is 3.12. The fraction of sp³-hybridized carbons (Fsp3) is 0.231. The molecule has 0 radical (unpaired) electrons. The van der Waals surface area contributed by atoms with Crippen LogP contribution < -0.4 is 0 Å². The van der Waals surface area contributed by atoms with Crippen molar-refractivity contribution in [2.45, 2.75) is 20.0 Å². The van der Waals surface area contributed by atoms with Crippen LogP contribution in [0.25, 0.3) is 0 Å². The number of halogens is 1. The van der Waals surface area contributed by atoms with Crippen molar-refractivity contribution < 1.29 is 13.9 Å². The Hall–Kier alpha value is -1.61. The Morgan fingerprint density at radius 2 is 2.00 bits per heavy atom. The number of rotatable bonds is 2. The van der Waals surface area contributed by atoms with Crippen LogP contribution in [-0.2, 0) is 0 Å². The topological polar surface area (TPSA) is 33.4 Å². The zero-order chi connectivity index (χ0) is 11.7. The van der Waals surface area contributed by atoms with E-state index in [1.165, 1.54) is 12.3 Å². The van der Waals surface area contributed by atoms with Gasteiger partial charge in [0.05, 0.1) is 6.26 Å². The van der Waals surface area contributed by atoms with Gasteiger partial charge in [-0.05, 0) is 37.1 Å². The van der Waals surface area contributed by atoms with Crippen LogP contribution in [0.3, 0.4) is 0 Å². The monoisotopic (exact) mass is 220 g/mol. The second-order valence-electron chi connectivity index (χ2n) is 3.84. The fourth-order valence-corrected chi connectivity index (χ4v) is 1.70. The second kappa shape index (κ2) is 4.10. The third-order valence-electron chi connectivity index (χ3n) is 2.69. The van der Waals surface area contributed by atoms with Crippen molar-refractivity contribution in [3.05, 3.63) is 58.8 Å². The SMILES string of the molecule is Cc1cc(C(O)c2ccoc2C)ccc1F. The third kappa shape index (κ3) is 1.86. The summed E-state index contributed by atoms with van der Waals surface area (Å²) in [6.45, 7) is 3.46. The number of hydrogen-bond acceptors (Lipinski definition) is 2. The van der Waals surface area contributed by atoms with Crippen molar-refractivity contribution in [3.8, 4) is 0 Å². The van der Waals surface area contributed by atoms with E-state index in [1.807, 2.05) is 0 Å². The zero-order valence-electron chi connectivity index (χ0n) is 9.20. The van der Waals surface area contributed by atoms with Gasteiger partial charge in [-0.2, -0.15) is 0 Å². The Bertz CT molecular complexity index is 502. The van der Waals surface area contributed by atoms with Crippen LogP contribution in [-0.4, -0.2) is 5.11 Å². The molecule has 0 saturated carbocycles. The van der Waals surface area contributed by atoms with Crippen molar-refractivity contribution >= 4 is 0 Å². The number of benzene rings is 1.